The zero-order chi connectivity index (χ0) is 25.6. The van der Waals surface area contributed by atoms with Gasteiger partial charge in [-0.2, -0.15) is 0 Å². The number of carbonyl (C=O) groups excluding carboxylic acids is 2. The van der Waals surface area contributed by atoms with Gasteiger partial charge in [-0.25, -0.2) is 4.79 Å². The second-order valence-electron chi connectivity index (χ2n) is 10.1. The summed E-state index contributed by atoms with van der Waals surface area (Å²) in [4.78, 5) is 38.4. The monoisotopic (exact) mass is 480 g/mol. The third kappa shape index (κ3) is 6.62. The summed E-state index contributed by atoms with van der Waals surface area (Å²) >= 11 is 0. The fraction of sp³-hybridized carbons (Fsp3) is 0.464. The standard InChI is InChI=1S/C28H36N2O5/c1-5-6-11-19(16-25(31)30(17-26(32)33)28(2,3)4)29-27(34)35-18-24-22-14-9-7-12-20(22)21-13-8-10-15-23(21)24/h7-10,12-15,19,24H,5-6,11,16-18H2,1-4H3,(H,29,34)(H,32,33)/t19-/m0/s1. The van der Waals surface area contributed by atoms with Crippen LogP contribution in [0.3, 0.4) is 0 Å². The molecule has 1 atom stereocenters. The molecule has 0 aliphatic heterocycles. The van der Waals surface area contributed by atoms with Gasteiger partial charge in [-0.15, -0.1) is 0 Å². The minimum Gasteiger partial charge on any atom is -0.480 e. The first-order chi connectivity index (χ1) is 16.6. The van der Waals surface area contributed by atoms with E-state index in [1.54, 1.807) is 20.8 Å². The molecule has 2 N–H and O–H groups in total. The number of alkyl carbamates (subject to hydrolysis) is 1. The van der Waals surface area contributed by atoms with Gasteiger partial charge in [0, 0.05) is 23.9 Å². The molecule has 0 aromatic heterocycles. The third-order valence-electron chi connectivity index (χ3n) is 6.40. The van der Waals surface area contributed by atoms with Crippen LogP contribution in [-0.4, -0.2) is 52.7 Å². The molecule has 0 saturated carbocycles. The molecule has 2 aromatic carbocycles. The summed E-state index contributed by atoms with van der Waals surface area (Å²) in [5.74, 6) is -1.42. The number of hydrogen-bond acceptors (Lipinski definition) is 4. The molecule has 0 unspecified atom stereocenters. The molecule has 188 valence electrons. The lowest BCUT2D eigenvalue weighted by Crippen LogP contribution is -2.50. The van der Waals surface area contributed by atoms with Crippen LogP contribution in [0.15, 0.2) is 48.5 Å². The minimum atomic E-state index is -1.07. The lowest BCUT2D eigenvalue weighted by Gasteiger charge is -2.35. The van der Waals surface area contributed by atoms with E-state index in [9.17, 15) is 19.5 Å². The molecule has 0 radical (unpaired) electrons. The first-order valence-corrected chi connectivity index (χ1v) is 12.3. The van der Waals surface area contributed by atoms with Crippen molar-refractivity contribution < 1.29 is 24.2 Å². The number of fused-ring (bicyclic) bond motifs is 3. The molecule has 1 aliphatic rings. The number of nitrogens with one attached hydrogen (secondary N) is 1. The van der Waals surface area contributed by atoms with Gasteiger partial charge in [0.1, 0.15) is 13.2 Å². The van der Waals surface area contributed by atoms with Gasteiger partial charge in [0.2, 0.25) is 5.91 Å². The second-order valence-corrected chi connectivity index (χ2v) is 10.1. The van der Waals surface area contributed by atoms with Crippen LogP contribution in [0.1, 0.15) is 70.4 Å². The lowest BCUT2D eigenvalue weighted by atomic mass is 9.98. The van der Waals surface area contributed by atoms with Gasteiger partial charge in [-0.3, -0.25) is 9.59 Å². The minimum absolute atomic E-state index is 0.0226. The van der Waals surface area contributed by atoms with Crippen molar-refractivity contribution in [3.63, 3.8) is 0 Å². The Labute approximate surface area is 207 Å². The molecule has 1 aliphatic carbocycles. The van der Waals surface area contributed by atoms with E-state index >= 15 is 0 Å². The predicted octanol–water partition coefficient (Wildman–Crippen LogP) is 5.19. The Kier molecular flexibility index (Phi) is 8.54. The van der Waals surface area contributed by atoms with Crippen molar-refractivity contribution in [3.05, 3.63) is 59.7 Å². The fourth-order valence-electron chi connectivity index (χ4n) is 4.64. The topological polar surface area (TPSA) is 95.9 Å². The van der Waals surface area contributed by atoms with Gasteiger partial charge in [0.25, 0.3) is 0 Å². The van der Waals surface area contributed by atoms with Crippen molar-refractivity contribution in [1.29, 1.82) is 0 Å². The smallest absolute Gasteiger partial charge is 0.407 e. The molecule has 0 fully saturated rings. The van der Waals surface area contributed by atoms with Crippen molar-refractivity contribution in [2.24, 2.45) is 0 Å². The number of aliphatic carboxylic acids is 1. The molecule has 2 amide bonds. The van der Waals surface area contributed by atoms with E-state index in [2.05, 4.69) is 29.6 Å². The number of hydrogen-bond donors (Lipinski definition) is 2. The first-order valence-electron chi connectivity index (χ1n) is 12.3. The zero-order valence-electron chi connectivity index (χ0n) is 21.0. The Morgan fingerprint density at radius 2 is 1.60 bits per heavy atom. The quantitative estimate of drug-likeness (QED) is 0.488. The Morgan fingerprint density at radius 1 is 1.03 bits per heavy atom. The number of rotatable bonds is 10. The molecule has 3 rings (SSSR count). The number of carbonyl (C=O) groups is 3. The number of amides is 2. The number of nitrogens with zero attached hydrogens (tertiary/aromatic N) is 1. The Morgan fingerprint density at radius 3 is 2.11 bits per heavy atom. The van der Waals surface area contributed by atoms with Crippen LogP contribution >= 0.6 is 0 Å². The molecule has 7 nitrogen and oxygen atoms in total. The van der Waals surface area contributed by atoms with E-state index in [1.807, 2.05) is 31.2 Å². The van der Waals surface area contributed by atoms with Crippen molar-refractivity contribution in [1.82, 2.24) is 10.2 Å². The van der Waals surface area contributed by atoms with E-state index < -0.39 is 23.6 Å². The average molecular weight is 481 g/mol. The van der Waals surface area contributed by atoms with Crippen LogP contribution in [0, 0.1) is 0 Å². The number of carboxylic acids is 1. The Hall–Kier alpha value is -3.35. The zero-order valence-corrected chi connectivity index (χ0v) is 21.0. The number of carboxylic acid groups (broad SMARTS) is 1. The summed E-state index contributed by atoms with van der Waals surface area (Å²) in [5, 5.41) is 12.1. The summed E-state index contributed by atoms with van der Waals surface area (Å²) < 4.78 is 5.65. The molecule has 0 spiro atoms. The van der Waals surface area contributed by atoms with E-state index in [-0.39, 0.29) is 31.4 Å². The highest BCUT2D eigenvalue weighted by molar-refractivity contribution is 5.83. The van der Waals surface area contributed by atoms with Gasteiger partial charge >= 0.3 is 12.1 Å². The average Bonchev–Trinajstić information content (AvgIpc) is 3.12. The Bertz CT molecular complexity index is 1010. The van der Waals surface area contributed by atoms with Crippen LogP contribution in [0.25, 0.3) is 11.1 Å². The Balaban J connectivity index is 1.66. The first kappa shape index (κ1) is 26.3. The van der Waals surface area contributed by atoms with Gasteiger partial charge in [-0.1, -0.05) is 68.3 Å². The number of ether oxygens (including phenoxy) is 1. The maximum atomic E-state index is 13.0. The third-order valence-corrected chi connectivity index (χ3v) is 6.40. The highest BCUT2D eigenvalue weighted by Crippen LogP contribution is 2.44. The van der Waals surface area contributed by atoms with Gasteiger partial charge in [-0.05, 0) is 49.4 Å². The second kappa shape index (κ2) is 11.4. The van der Waals surface area contributed by atoms with E-state index in [0.717, 1.165) is 35.1 Å². The molecular weight excluding hydrogens is 444 g/mol. The fourth-order valence-corrected chi connectivity index (χ4v) is 4.64. The SMILES string of the molecule is CCCC[C@@H](CC(=O)N(CC(=O)O)C(C)(C)C)NC(=O)OCC1c2ccccc2-c2ccccc21. The largest absolute Gasteiger partial charge is 0.480 e. The van der Waals surface area contributed by atoms with Gasteiger partial charge in [0.15, 0.2) is 0 Å². The highest BCUT2D eigenvalue weighted by Gasteiger charge is 2.31. The van der Waals surface area contributed by atoms with E-state index in [1.165, 1.54) is 4.90 Å². The van der Waals surface area contributed by atoms with Crippen molar-refractivity contribution >= 4 is 18.0 Å². The number of benzene rings is 2. The molecule has 7 heteroatoms. The summed E-state index contributed by atoms with van der Waals surface area (Å²) in [6.07, 6.45) is 1.80. The summed E-state index contributed by atoms with van der Waals surface area (Å²) in [7, 11) is 0. The van der Waals surface area contributed by atoms with E-state index in [0.29, 0.717) is 6.42 Å². The predicted molar refractivity (Wildman–Crippen MR) is 135 cm³/mol. The van der Waals surface area contributed by atoms with Crippen LogP contribution < -0.4 is 5.32 Å². The molecule has 0 heterocycles. The summed E-state index contributed by atoms with van der Waals surface area (Å²) in [6, 6.07) is 15.8. The maximum Gasteiger partial charge on any atom is 0.407 e. The molecule has 2 aromatic rings. The number of unbranched alkanes of at least 4 members (excludes halogenated alkanes) is 1. The summed E-state index contributed by atoms with van der Waals surface area (Å²) in [5.41, 5.74) is 3.94. The molecule has 35 heavy (non-hydrogen) atoms. The van der Waals surface area contributed by atoms with Crippen LogP contribution in [0.5, 0.6) is 0 Å². The molecule has 0 bridgehead atoms. The highest BCUT2D eigenvalue weighted by atomic mass is 16.5. The van der Waals surface area contributed by atoms with Gasteiger partial charge in [0.05, 0.1) is 0 Å². The molecule has 0 saturated heterocycles. The van der Waals surface area contributed by atoms with Crippen molar-refractivity contribution in [2.75, 3.05) is 13.2 Å². The molecular formula is C28H36N2O5. The normalized spacial score (nSPS) is 13.5. The lowest BCUT2D eigenvalue weighted by molar-refractivity contribution is -0.148. The van der Waals surface area contributed by atoms with Crippen molar-refractivity contribution in [3.8, 4) is 11.1 Å². The van der Waals surface area contributed by atoms with Crippen molar-refractivity contribution in [2.45, 2.75) is 70.9 Å². The van der Waals surface area contributed by atoms with Gasteiger partial charge < -0.3 is 20.1 Å². The summed E-state index contributed by atoms with van der Waals surface area (Å²) in [6.45, 7) is 7.25. The van der Waals surface area contributed by atoms with Crippen LogP contribution in [-0.2, 0) is 14.3 Å². The van der Waals surface area contributed by atoms with E-state index in [4.69, 9.17) is 4.74 Å². The van der Waals surface area contributed by atoms with Crippen LogP contribution in [0.4, 0.5) is 4.79 Å². The van der Waals surface area contributed by atoms with Crippen LogP contribution in [0.2, 0.25) is 0 Å². The maximum absolute atomic E-state index is 13.0.